The van der Waals surface area contributed by atoms with Crippen molar-refractivity contribution in [2.45, 2.75) is 13.3 Å². The molecule has 0 bridgehead atoms. The molecule has 0 amide bonds. The Balaban J connectivity index is 1.95. The number of hydrogen-bond donors (Lipinski definition) is 1. The van der Waals surface area contributed by atoms with Gasteiger partial charge in [0.05, 0.1) is 7.11 Å². The van der Waals surface area contributed by atoms with E-state index < -0.39 is 0 Å². The molecule has 0 aliphatic heterocycles. The molecule has 22 heavy (non-hydrogen) atoms. The van der Waals surface area contributed by atoms with E-state index in [9.17, 15) is 0 Å². The zero-order valence-electron chi connectivity index (χ0n) is 13.2. The molecular weight excluding hydrogens is 278 g/mol. The van der Waals surface area contributed by atoms with Crippen LogP contribution >= 0.6 is 0 Å². The number of hydrogen-bond acceptors (Lipinski definition) is 4. The second-order valence-electron chi connectivity index (χ2n) is 4.95. The van der Waals surface area contributed by atoms with Crippen LogP contribution in [0.4, 0.5) is 0 Å². The highest BCUT2D eigenvalue weighted by Gasteiger charge is 2.10. The maximum atomic E-state index is 5.87. The molecule has 0 aliphatic rings. The van der Waals surface area contributed by atoms with Gasteiger partial charge in [-0.1, -0.05) is 30.3 Å². The number of rotatable bonds is 8. The number of benzene rings is 2. The quantitative estimate of drug-likeness (QED) is 0.762. The summed E-state index contributed by atoms with van der Waals surface area (Å²) in [5.74, 6) is 2.36. The van der Waals surface area contributed by atoms with E-state index >= 15 is 0 Å². The molecule has 4 heteroatoms. The molecule has 0 atom stereocenters. The molecule has 0 fully saturated rings. The highest BCUT2D eigenvalue weighted by Crippen LogP contribution is 2.31. The van der Waals surface area contributed by atoms with Crippen molar-refractivity contribution in [3.8, 4) is 17.2 Å². The number of ether oxygens (including phenoxy) is 3. The number of nitrogens with two attached hydrogens (primary N) is 1. The molecule has 0 heterocycles. The van der Waals surface area contributed by atoms with E-state index in [2.05, 4.69) is 0 Å². The molecule has 0 unspecified atom stereocenters. The highest BCUT2D eigenvalue weighted by molar-refractivity contribution is 5.46. The van der Waals surface area contributed by atoms with Gasteiger partial charge in [-0.05, 0) is 43.1 Å². The van der Waals surface area contributed by atoms with Gasteiger partial charge >= 0.3 is 0 Å². The van der Waals surface area contributed by atoms with Gasteiger partial charge < -0.3 is 19.9 Å². The van der Waals surface area contributed by atoms with Crippen LogP contribution in [0.5, 0.6) is 17.2 Å². The summed E-state index contributed by atoms with van der Waals surface area (Å²) < 4.78 is 17.0. The maximum Gasteiger partial charge on any atom is 0.164 e. The minimum atomic E-state index is 0.451. The van der Waals surface area contributed by atoms with Crippen molar-refractivity contribution in [2.24, 2.45) is 5.73 Å². The normalized spacial score (nSPS) is 10.3. The molecule has 0 saturated heterocycles. The first-order chi connectivity index (χ1) is 10.8. The lowest BCUT2D eigenvalue weighted by Gasteiger charge is -2.15. The molecule has 2 N–H and O–H groups in total. The van der Waals surface area contributed by atoms with E-state index in [0.29, 0.717) is 19.8 Å². The molecule has 0 spiro atoms. The Labute approximate surface area is 131 Å². The molecule has 4 nitrogen and oxygen atoms in total. The maximum absolute atomic E-state index is 5.87. The zero-order valence-corrected chi connectivity index (χ0v) is 13.2. The molecule has 0 radical (unpaired) electrons. The number of para-hydroxylation sites is 2. The van der Waals surface area contributed by atoms with E-state index in [-0.39, 0.29) is 0 Å². The molecule has 0 saturated carbocycles. The smallest absolute Gasteiger partial charge is 0.164 e. The van der Waals surface area contributed by atoms with Crippen molar-refractivity contribution in [1.29, 1.82) is 0 Å². The molecule has 0 aliphatic carbocycles. The van der Waals surface area contributed by atoms with Gasteiger partial charge in [-0.15, -0.1) is 0 Å². The predicted octanol–water partition coefficient (Wildman–Crippen LogP) is 2.96. The Morgan fingerprint density at radius 3 is 2.36 bits per heavy atom. The van der Waals surface area contributed by atoms with Crippen LogP contribution in [-0.2, 0) is 6.42 Å². The summed E-state index contributed by atoms with van der Waals surface area (Å²) in [6.07, 6.45) is 0.755. The fraction of sp³-hybridized carbons (Fsp3) is 0.333. The van der Waals surface area contributed by atoms with Crippen LogP contribution < -0.4 is 19.9 Å². The average molecular weight is 301 g/mol. The minimum absolute atomic E-state index is 0.451. The Hall–Kier alpha value is -2.20. The lowest BCUT2D eigenvalue weighted by atomic mass is 10.1. The minimum Gasteiger partial charge on any atom is -0.493 e. The van der Waals surface area contributed by atoms with Gasteiger partial charge in [0.15, 0.2) is 11.5 Å². The third-order valence-electron chi connectivity index (χ3n) is 3.37. The van der Waals surface area contributed by atoms with Crippen molar-refractivity contribution in [2.75, 3.05) is 26.9 Å². The van der Waals surface area contributed by atoms with E-state index in [0.717, 1.165) is 34.8 Å². The summed E-state index contributed by atoms with van der Waals surface area (Å²) in [6, 6.07) is 13.8. The number of aryl methyl sites for hydroxylation is 1. The monoisotopic (exact) mass is 301 g/mol. The van der Waals surface area contributed by atoms with Crippen molar-refractivity contribution in [3.05, 3.63) is 53.6 Å². The standard InChI is InChI=1S/C18H23NO3/c1-14-6-3-4-8-16(14)21-12-13-22-18-15(10-11-19)7-5-9-17(18)20-2/h3-9H,10-13,19H2,1-2H3. The summed E-state index contributed by atoms with van der Waals surface area (Å²) in [7, 11) is 1.64. The van der Waals surface area contributed by atoms with E-state index in [4.69, 9.17) is 19.9 Å². The fourth-order valence-electron chi connectivity index (χ4n) is 2.25. The second kappa shape index (κ2) is 8.29. The molecule has 118 valence electrons. The van der Waals surface area contributed by atoms with Gasteiger partial charge in [-0.3, -0.25) is 0 Å². The third kappa shape index (κ3) is 4.15. The summed E-state index contributed by atoms with van der Waals surface area (Å²) in [4.78, 5) is 0. The van der Waals surface area contributed by atoms with Crippen LogP contribution in [0.1, 0.15) is 11.1 Å². The highest BCUT2D eigenvalue weighted by atomic mass is 16.5. The van der Waals surface area contributed by atoms with Gasteiger partial charge in [-0.2, -0.15) is 0 Å². The van der Waals surface area contributed by atoms with Gasteiger partial charge in [0.1, 0.15) is 19.0 Å². The SMILES string of the molecule is COc1cccc(CCN)c1OCCOc1ccccc1C. The number of methoxy groups -OCH3 is 1. The van der Waals surface area contributed by atoms with Crippen LogP contribution in [0.2, 0.25) is 0 Å². The Morgan fingerprint density at radius 1 is 0.909 bits per heavy atom. The lowest BCUT2D eigenvalue weighted by Crippen LogP contribution is -2.12. The van der Waals surface area contributed by atoms with Crippen molar-refractivity contribution < 1.29 is 14.2 Å². The first-order valence-electron chi connectivity index (χ1n) is 7.43. The molecular formula is C18H23NO3. The summed E-state index contributed by atoms with van der Waals surface area (Å²) in [5.41, 5.74) is 7.82. The van der Waals surface area contributed by atoms with Crippen LogP contribution in [0.25, 0.3) is 0 Å². The van der Waals surface area contributed by atoms with Crippen LogP contribution in [-0.4, -0.2) is 26.9 Å². The Kier molecular flexibility index (Phi) is 6.10. The molecule has 2 aromatic rings. The van der Waals surface area contributed by atoms with Crippen molar-refractivity contribution >= 4 is 0 Å². The van der Waals surface area contributed by atoms with E-state index in [1.807, 2.05) is 49.4 Å². The van der Waals surface area contributed by atoms with Gasteiger partial charge in [0.2, 0.25) is 0 Å². The van der Waals surface area contributed by atoms with Crippen LogP contribution in [0, 0.1) is 6.92 Å². The summed E-state index contributed by atoms with van der Waals surface area (Å²) in [5, 5.41) is 0. The van der Waals surface area contributed by atoms with Crippen LogP contribution in [0.3, 0.4) is 0 Å². The topological polar surface area (TPSA) is 53.7 Å². The Bertz CT molecular complexity index is 599. The van der Waals surface area contributed by atoms with Crippen LogP contribution in [0.15, 0.2) is 42.5 Å². The second-order valence-corrected chi connectivity index (χ2v) is 4.95. The average Bonchev–Trinajstić information content (AvgIpc) is 2.54. The molecule has 2 rings (SSSR count). The van der Waals surface area contributed by atoms with Gasteiger partial charge in [0.25, 0.3) is 0 Å². The molecule has 0 aromatic heterocycles. The van der Waals surface area contributed by atoms with Crippen molar-refractivity contribution in [1.82, 2.24) is 0 Å². The zero-order chi connectivity index (χ0) is 15.8. The van der Waals surface area contributed by atoms with E-state index in [1.165, 1.54) is 0 Å². The molecule has 2 aromatic carbocycles. The van der Waals surface area contributed by atoms with E-state index in [1.54, 1.807) is 7.11 Å². The summed E-state index contributed by atoms with van der Waals surface area (Å²) in [6.45, 7) is 3.52. The largest absolute Gasteiger partial charge is 0.493 e. The predicted molar refractivity (Wildman–Crippen MR) is 87.9 cm³/mol. The first-order valence-corrected chi connectivity index (χ1v) is 7.43. The first kappa shape index (κ1) is 16.2. The van der Waals surface area contributed by atoms with Crippen molar-refractivity contribution in [3.63, 3.8) is 0 Å². The summed E-state index contributed by atoms with van der Waals surface area (Å²) >= 11 is 0. The lowest BCUT2D eigenvalue weighted by molar-refractivity contribution is 0.209. The van der Waals surface area contributed by atoms with Gasteiger partial charge in [-0.25, -0.2) is 0 Å². The third-order valence-corrected chi connectivity index (χ3v) is 3.37. The Morgan fingerprint density at radius 2 is 1.64 bits per heavy atom. The van der Waals surface area contributed by atoms with Gasteiger partial charge in [0, 0.05) is 0 Å². The fourth-order valence-corrected chi connectivity index (χ4v) is 2.25.